The lowest BCUT2D eigenvalue weighted by molar-refractivity contribution is -0.119. The lowest BCUT2D eigenvalue weighted by Gasteiger charge is -2.14. The number of anilines is 1. The molecule has 0 bridgehead atoms. The van der Waals surface area contributed by atoms with E-state index in [0.717, 1.165) is 12.1 Å². The predicted molar refractivity (Wildman–Crippen MR) is 51.3 cm³/mol. The first-order valence-corrected chi connectivity index (χ1v) is 4.62. The van der Waals surface area contributed by atoms with E-state index < -0.39 is 23.6 Å². The summed E-state index contributed by atoms with van der Waals surface area (Å²) in [5.74, 6) is -1.85. The van der Waals surface area contributed by atoms with Gasteiger partial charge in [0.15, 0.2) is 0 Å². The first-order valence-electron chi connectivity index (χ1n) is 4.62. The van der Waals surface area contributed by atoms with Crippen molar-refractivity contribution < 1.29 is 13.6 Å². The molecule has 0 saturated heterocycles. The number of amides is 1. The molecule has 1 aliphatic rings. The monoisotopic (exact) mass is 212 g/mol. The zero-order chi connectivity index (χ0) is 11.2. The molecule has 15 heavy (non-hydrogen) atoms. The van der Waals surface area contributed by atoms with Crippen LogP contribution in [0.2, 0.25) is 0 Å². The van der Waals surface area contributed by atoms with Crippen LogP contribution in [-0.4, -0.2) is 12.5 Å². The molecule has 3 nitrogen and oxygen atoms in total. The smallest absolute Gasteiger partial charge is 0.248 e. The van der Waals surface area contributed by atoms with E-state index in [4.69, 9.17) is 5.73 Å². The van der Waals surface area contributed by atoms with Crippen molar-refractivity contribution in [2.45, 2.75) is 13.0 Å². The van der Waals surface area contributed by atoms with Crippen molar-refractivity contribution in [3.63, 3.8) is 0 Å². The number of hydrogen-bond donors (Lipinski definition) is 1. The van der Waals surface area contributed by atoms with Crippen molar-refractivity contribution in [1.82, 2.24) is 0 Å². The molecule has 5 heteroatoms. The Morgan fingerprint density at radius 3 is 2.73 bits per heavy atom. The fraction of sp³-hybridized carbons (Fsp3) is 0.300. The van der Waals surface area contributed by atoms with Gasteiger partial charge in [-0.05, 0) is 13.0 Å². The van der Waals surface area contributed by atoms with Gasteiger partial charge in [0.1, 0.15) is 17.7 Å². The van der Waals surface area contributed by atoms with Gasteiger partial charge in [0.25, 0.3) is 0 Å². The number of carbonyl (C=O) groups excluding carboxylic acids is 1. The number of hydrogen-bond acceptors (Lipinski definition) is 2. The zero-order valence-electron chi connectivity index (χ0n) is 8.13. The van der Waals surface area contributed by atoms with E-state index in [1.54, 1.807) is 6.92 Å². The van der Waals surface area contributed by atoms with Crippen LogP contribution in [0.5, 0.6) is 0 Å². The third-order valence-corrected chi connectivity index (χ3v) is 2.51. The normalized spacial score (nSPS) is 19.6. The highest BCUT2D eigenvalue weighted by Crippen LogP contribution is 2.36. The minimum atomic E-state index is -0.954. The summed E-state index contributed by atoms with van der Waals surface area (Å²) in [5.41, 5.74) is 5.90. The summed E-state index contributed by atoms with van der Waals surface area (Å²) in [6.45, 7) is 2.03. The Balaban J connectivity index is 2.65. The maximum Gasteiger partial charge on any atom is 0.248 e. The molecular formula is C10H10F2N2O. The molecule has 0 aromatic heterocycles. The number of benzene rings is 1. The Kier molecular flexibility index (Phi) is 2.19. The third-order valence-electron chi connectivity index (χ3n) is 2.51. The summed E-state index contributed by atoms with van der Waals surface area (Å²) in [7, 11) is 0. The zero-order valence-corrected chi connectivity index (χ0v) is 8.13. The van der Waals surface area contributed by atoms with Crippen molar-refractivity contribution in [3.05, 3.63) is 29.3 Å². The summed E-state index contributed by atoms with van der Waals surface area (Å²) < 4.78 is 26.4. The van der Waals surface area contributed by atoms with Gasteiger partial charge in [-0.25, -0.2) is 8.78 Å². The second-order valence-corrected chi connectivity index (χ2v) is 3.39. The Morgan fingerprint density at radius 1 is 1.47 bits per heavy atom. The number of nitrogens with two attached hydrogens (primary N) is 1. The lowest BCUT2D eigenvalue weighted by atomic mass is 10.1. The van der Waals surface area contributed by atoms with Gasteiger partial charge in [-0.3, -0.25) is 4.79 Å². The molecule has 1 amide bonds. The van der Waals surface area contributed by atoms with E-state index >= 15 is 0 Å². The topological polar surface area (TPSA) is 46.3 Å². The van der Waals surface area contributed by atoms with Crippen LogP contribution in [-0.2, 0) is 4.79 Å². The summed E-state index contributed by atoms with van der Waals surface area (Å²) in [6, 6.07) is 0.911. The Labute approximate surface area is 85.5 Å². The highest BCUT2D eigenvalue weighted by atomic mass is 19.1. The van der Waals surface area contributed by atoms with Gasteiger partial charge >= 0.3 is 0 Å². The van der Waals surface area contributed by atoms with Crippen molar-refractivity contribution in [2.24, 2.45) is 5.73 Å². The van der Waals surface area contributed by atoms with Crippen LogP contribution in [0.4, 0.5) is 14.5 Å². The third kappa shape index (κ3) is 1.31. The van der Waals surface area contributed by atoms with Crippen LogP contribution >= 0.6 is 0 Å². The second-order valence-electron chi connectivity index (χ2n) is 3.39. The number of nitrogens with zero attached hydrogens (tertiary/aromatic N) is 1. The van der Waals surface area contributed by atoms with Crippen LogP contribution in [0.3, 0.4) is 0 Å². The molecule has 1 aromatic rings. The molecule has 1 aromatic carbocycles. The SMILES string of the molecule is CCN1C(=O)C(N)c2cc(F)cc(F)c21. The summed E-state index contributed by atoms with van der Waals surface area (Å²) >= 11 is 0. The van der Waals surface area contributed by atoms with Gasteiger partial charge in [-0.15, -0.1) is 0 Å². The van der Waals surface area contributed by atoms with Gasteiger partial charge in [-0.1, -0.05) is 0 Å². The van der Waals surface area contributed by atoms with E-state index in [-0.39, 0.29) is 11.3 Å². The van der Waals surface area contributed by atoms with Gasteiger partial charge < -0.3 is 10.6 Å². The molecule has 0 fully saturated rings. The number of halogens is 2. The Hall–Kier alpha value is -1.49. The molecule has 1 atom stereocenters. The molecule has 2 N–H and O–H groups in total. The Morgan fingerprint density at radius 2 is 2.13 bits per heavy atom. The Bertz CT molecular complexity index is 434. The maximum atomic E-state index is 13.4. The molecule has 1 unspecified atom stereocenters. The van der Waals surface area contributed by atoms with Gasteiger partial charge in [0.05, 0.1) is 5.69 Å². The fourth-order valence-corrected chi connectivity index (χ4v) is 1.83. The molecule has 0 spiro atoms. The predicted octanol–water partition coefficient (Wildman–Crippen LogP) is 1.33. The molecule has 0 saturated carbocycles. The average Bonchev–Trinajstić information content (AvgIpc) is 2.42. The second kappa shape index (κ2) is 3.27. The van der Waals surface area contributed by atoms with E-state index in [2.05, 4.69) is 0 Å². The quantitative estimate of drug-likeness (QED) is 0.763. The van der Waals surface area contributed by atoms with Crippen molar-refractivity contribution in [3.8, 4) is 0 Å². The molecule has 0 aliphatic carbocycles. The van der Waals surface area contributed by atoms with Crippen molar-refractivity contribution in [2.75, 3.05) is 11.4 Å². The van der Waals surface area contributed by atoms with Gasteiger partial charge in [0, 0.05) is 18.2 Å². The molecule has 0 radical (unpaired) electrons. The standard InChI is InChI=1S/C10H10F2N2O/c1-2-14-9-6(8(13)10(14)15)3-5(11)4-7(9)12/h3-4,8H,2,13H2,1H3. The highest BCUT2D eigenvalue weighted by molar-refractivity contribution is 6.04. The summed E-state index contributed by atoms with van der Waals surface area (Å²) in [4.78, 5) is 12.8. The largest absolute Gasteiger partial charge is 0.316 e. The lowest BCUT2D eigenvalue weighted by Crippen LogP contribution is -2.31. The van der Waals surface area contributed by atoms with Gasteiger partial charge in [-0.2, -0.15) is 0 Å². The van der Waals surface area contributed by atoms with Crippen LogP contribution in [0.1, 0.15) is 18.5 Å². The van der Waals surface area contributed by atoms with Gasteiger partial charge in [0.2, 0.25) is 5.91 Å². The molecular weight excluding hydrogens is 202 g/mol. The summed E-state index contributed by atoms with van der Waals surface area (Å²) in [6.07, 6.45) is 0. The first kappa shape index (κ1) is 10.0. The summed E-state index contributed by atoms with van der Waals surface area (Å²) in [5, 5.41) is 0. The van der Waals surface area contributed by atoms with Crippen LogP contribution < -0.4 is 10.6 Å². The van der Waals surface area contributed by atoms with E-state index in [1.165, 1.54) is 4.90 Å². The van der Waals surface area contributed by atoms with E-state index in [1.807, 2.05) is 0 Å². The molecule has 1 aliphatic heterocycles. The minimum absolute atomic E-state index is 0.108. The average molecular weight is 212 g/mol. The maximum absolute atomic E-state index is 13.4. The van der Waals surface area contributed by atoms with Crippen LogP contribution in [0.25, 0.3) is 0 Å². The number of rotatable bonds is 1. The highest BCUT2D eigenvalue weighted by Gasteiger charge is 2.36. The number of carbonyl (C=O) groups is 1. The van der Waals surface area contributed by atoms with Crippen molar-refractivity contribution in [1.29, 1.82) is 0 Å². The van der Waals surface area contributed by atoms with E-state index in [9.17, 15) is 13.6 Å². The number of likely N-dealkylation sites (N-methyl/N-ethyl adjacent to an activating group) is 1. The van der Waals surface area contributed by atoms with Crippen LogP contribution in [0.15, 0.2) is 12.1 Å². The minimum Gasteiger partial charge on any atom is -0.316 e. The fourth-order valence-electron chi connectivity index (χ4n) is 1.83. The molecule has 80 valence electrons. The molecule has 2 rings (SSSR count). The van der Waals surface area contributed by atoms with E-state index in [0.29, 0.717) is 6.54 Å². The number of fused-ring (bicyclic) bond motifs is 1. The first-order chi connectivity index (χ1) is 7.06. The van der Waals surface area contributed by atoms with Crippen molar-refractivity contribution >= 4 is 11.6 Å². The molecule has 1 heterocycles. The van der Waals surface area contributed by atoms with Crippen LogP contribution in [0, 0.1) is 11.6 Å².